The zero-order chi connectivity index (χ0) is 25.7. The Kier molecular flexibility index (Phi) is 5.89. The molecule has 0 aliphatic carbocycles. The van der Waals surface area contributed by atoms with Crippen molar-refractivity contribution in [1.82, 2.24) is 14.7 Å². The van der Waals surface area contributed by atoms with Gasteiger partial charge in [0.1, 0.15) is 5.76 Å². The van der Waals surface area contributed by atoms with Gasteiger partial charge in [-0.3, -0.25) is 4.98 Å². The number of fused-ring (bicyclic) bond motifs is 3. The molecule has 0 spiro atoms. The van der Waals surface area contributed by atoms with Crippen LogP contribution in [0.1, 0.15) is 55.3 Å². The number of nitrogens with zero attached hydrogens (tertiary/aromatic N) is 3. The maximum atomic E-state index is 10.9. The fourth-order valence-electron chi connectivity index (χ4n) is 5.93. The van der Waals surface area contributed by atoms with Crippen LogP contribution in [-0.4, -0.2) is 33.0 Å². The van der Waals surface area contributed by atoms with Gasteiger partial charge in [-0.05, 0) is 69.7 Å². The van der Waals surface area contributed by atoms with Crippen LogP contribution < -0.4 is 0 Å². The predicted octanol–water partition coefficient (Wildman–Crippen LogP) is 6.70. The number of hydrogen-bond acceptors (Lipinski definition) is 5. The molecule has 6 nitrogen and oxygen atoms in total. The summed E-state index contributed by atoms with van der Waals surface area (Å²) in [6.45, 7) is 9.12. The standard InChI is InChI=1S/C31H33N3O3/c1-19-28(20(2)37-33-19)23-16-27-29(32-18-23)25-11-10-24(31(3,4)35)17-26(25)34(27)30(21-8-6-5-7-9-21)22-12-14-36-15-13-22/h5-11,16-18,22,30,35H,12-15H2,1-4H3. The number of aromatic nitrogens is 3. The van der Waals surface area contributed by atoms with Gasteiger partial charge in [0.15, 0.2) is 0 Å². The Bertz CT molecular complexity index is 1550. The molecule has 1 N–H and O–H groups in total. The van der Waals surface area contributed by atoms with Crippen LogP contribution in [-0.2, 0) is 10.3 Å². The van der Waals surface area contributed by atoms with Gasteiger partial charge in [-0.15, -0.1) is 0 Å². The lowest BCUT2D eigenvalue weighted by Gasteiger charge is -2.33. The predicted molar refractivity (Wildman–Crippen MR) is 146 cm³/mol. The highest BCUT2D eigenvalue weighted by Crippen LogP contribution is 2.42. The fourth-order valence-corrected chi connectivity index (χ4v) is 5.93. The van der Waals surface area contributed by atoms with Crippen molar-refractivity contribution in [3.63, 3.8) is 0 Å². The second kappa shape index (κ2) is 9.12. The number of pyridine rings is 1. The largest absolute Gasteiger partial charge is 0.386 e. The zero-order valence-electron chi connectivity index (χ0n) is 21.9. The molecular weight excluding hydrogens is 462 g/mol. The van der Waals surface area contributed by atoms with E-state index in [1.807, 2.05) is 40.0 Å². The van der Waals surface area contributed by atoms with Gasteiger partial charge in [-0.1, -0.05) is 47.6 Å². The third kappa shape index (κ3) is 4.14. The van der Waals surface area contributed by atoms with E-state index in [0.29, 0.717) is 5.92 Å². The van der Waals surface area contributed by atoms with E-state index >= 15 is 0 Å². The summed E-state index contributed by atoms with van der Waals surface area (Å²) in [5.74, 6) is 1.19. The van der Waals surface area contributed by atoms with Crippen molar-refractivity contribution in [3.8, 4) is 11.1 Å². The quantitative estimate of drug-likeness (QED) is 0.294. The fraction of sp³-hybridized carbons (Fsp3) is 0.355. The Morgan fingerprint density at radius 1 is 1.00 bits per heavy atom. The second-order valence-electron chi connectivity index (χ2n) is 10.8. The van der Waals surface area contributed by atoms with Crippen LogP contribution in [0.15, 0.2) is 65.3 Å². The van der Waals surface area contributed by atoms with Crippen LogP contribution in [0.5, 0.6) is 0 Å². The average molecular weight is 496 g/mol. The van der Waals surface area contributed by atoms with E-state index in [4.69, 9.17) is 14.2 Å². The Morgan fingerprint density at radius 3 is 2.43 bits per heavy atom. The number of aliphatic hydroxyl groups is 1. The molecule has 1 atom stereocenters. The molecule has 0 bridgehead atoms. The first-order valence-corrected chi connectivity index (χ1v) is 13.1. The van der Waals surface area contributed by atoms with E-state index in [2.05, 4.69) is 58.3 Å². The third-order valence-corrected chi connectivity index (χ3v) is 7.80. The molecule has 190 valence electrons. The van der Waals surface area contributed by atoms with Crippen LogP contribution in [0.2, 0.25) is 0 Å². The Labute approximate surface area is 216 Å². The Hall–Kier alpha value is -3.48. The summed E-state index contributed by atoms with van der Waals surface area (Å²) in [6, 6.07) is 19.3. The third-order valence-electron chi connectivity index (χ3n) is 7.80. The molecule has 37 heavy (non-hydrogen) atoms. The second-order valence-corrected chi connectivity index (χ2v) is 10.8. The van der Waals surface area contributed by atoms with Crippen LogP contribution in [0.4, 0.5) is 0 Å². The van der Waals surface area contributed by atoms with Gasteiger partial charge in [0, 0.05) is 35.9 Å². The van der Waals surface area contributed by atoms with Crippen molar-refractivity contribution in [2.24, 2.45) is 5.92 Å². The Balaban J connectivity index is 1.69. The molecule has 1 aliphatic heterocycles. The van der Waals surface area contributed by atoms with Gasteiger partial charge in [0.05, 0.1) is 33.9 Å². The van der Waals surface area contributed by atoms with Crippen molar-refractivity contribution in [1.29, 1.82) is 0 Å². The minimum atomic E-state index is -0.953. The number of ether oxygens (including phenoxy) is 1. The smallest absolute Gasteiger partial charge is 0.141 e. The average Bonchev–Trinajstić information content (AvgIpc) is 3.40. The molecule has 4 heterocycles. The highest BCUT2D eigenvalue weighted by molar-refractivity contribution is 6.07. The molecule has 1 unspecified atom stereocenters. The summed E-state index contributed by atoms with van der Waals surface area (Å²) < 4.78 is 13.7. The van der Waals surface area contributed by atoms with Crippen molar-refractivity contribution in [2.45, 2.75) is 52.2 Å². The molecule has 1 aliphatic rings. The lowest BCUT2D eigenvalue weighted by Crippen LogP contribution is -2.27. The molecule has 0 saturated carbocycles. The topological polar surface area (TPSA) is 73.3 Å². The van der Waals surface area contributed by atoms with Crippen LogP contribution in [0.25, 0.3) is 33.1 Å². The maximum absolute atomic E-state index is 10.9. The number of aryl methyl sites for hydroxylation is 2. The van der Waals surface area contributed by atoms with Crippen molar-refractivity contribution < 1.29 is 14.4 Å². The summed E-state index contributed by atoms with van der Waals surface area (Å²) >= 11 is 0. The normalized spacial score (nSPS) is 16.0. The van der Waals surface area contributed by atoms with Gasteiger partial charge >= 0.3 is 0 Å². The Morgan fingerprint density at radius 2 is 1.76 bits per heavy atom. The summed E-state index contributed by atoms with van der Waals surface area (Å²) in [6.07, 6.45) is 3.90. The lowest BCUT2D eigenvalue weighted by molar-refractivity contribution is 0.0552. The highest BCUT2D eigenvalue weighted by atomic mass is 16.5. The first kappa shape index (κ1) is 23.9. The zero-order valence-corrected chi connectivity index (χ0v) is 21.9. The van der Waals surface area contributed by atoms with Gasteiger partial charge in [0.25, 0.3) is 0 Å². The molecule has 6 heteroatoms. The van der Waals surface area contributed by atoms with E-state index in [1.54, 1.807) is 0 Å². The number of benzene rings is 2. The molecule has 2 aromatic carbocycles. The van der Waals surface area contributed by atoms with Gasteiger partial charge in [-0.25, -0.2) is 0 Å². The molecule has 3 aromatic heterocycles. The minimum Gasteiger partial charge on any atom is -0.386 e. The summed E-state index contributed by atoms with van der Waals surface area (Å²) in [4.78, 5) is 5.00. The van der Waals surface area contributed by atoms with E-state index in [-0.39, 0.29) is 6.04 Å². The lowest BCUT2D eigenvalue weighted by atomic mass is 9.86. The molecule has 5 aromatic rings. The summed E-state index contributed by atoms with van der Waals surface area (Å²) in [5, 5.41) is 16.2. The van der Waals surface area contributed by atoms with Gasteiger partial charge in [0.2, 0.25) is 0 Å². The first-order chi connectivity index (χ1) is 17.8. The van der Waals surface area contributed by atoms with Crippen molar-refractivity contribution >= 4 is 21.9 Å². The molecule has 0 amide bonds. The van der Waals surface area contributed by atoms with Crippen molar-refractivity contribution in [2.75, 3.05) is 13.2 Å². The monoisotopic (exact) mass is 495 g/mol. The van der Waals surface area contributed by atoms with Crippen LogP contribution >= 0.6 is 0 Å². The van der Waals surface area contributed by atoms with E-state index in [0.717, 1.165) is 76.1 Å². The molecule has 1 saturated heterocycles. The minimum absolute atomic E-state index is 0.101. The van der Waals surface area contributed by atoms with Crippen molar-refractivity contribution in [3.05, 3.63) is 83.4 Å². The summed E-state index contributed by atoms with van der Waals surface area (Å²) in [7, 11) is 0. The molecule has 6 rings (SSSR count). The SMILES string of the molecule is Cc1noc(C)c1-c1cnc2c3ccc(C(C)(C)O)cc3n(C(c3ccccc3)C3CCOCC3)c2c1. The molecular formula is C31H33N3O3. The molecule has 1 fully saturated rings. The summed E-state index contributed by atoms with van der Waals surface area (Å²) in [5.41, 5.74) is 7.15. The van der Waals surface area contributed by atoms with E-state index in [9.17, 15) is 5.11 Å². The first-order valence-electron chi connectivity index (χ1n) is 13.1. The van der Waals surface area contributed by atoms with Crippen LogP contribution in [0, 0.1) is 19.8 Å². The van der Waals surface area contributed by atoms with Gasteiger partial charge in [-0.2, -0.15) is 0 Å². The highest BCUT2D eigenvalue weighted by Gasteiger charge is 2.31. The maximum Gasteiger partial charge on any atom is 0.141 e. The van der Waals surface area contributed by atoms with Crippen LogP contribution in [0.3, 0.4) is 0 Å². The van der Waals surface area contributed by atoms with E-state index in [1.165, 1.54) is 5.56 Å². The van der Waals surface area contributed by atoms with E-state index < -0.39 is 5.60 Å². The molecule has 0 radical (unpaired) electrons. The number of rotatable bonds is 5. The number of hydrogen-bond donors (Lipinski definition) is 1. The van der Waals surface area contributed by atoms with Gasteiger partial charge < -0.3 is 18.9 Å².